The van der Waals surface area contributed by atoms with E-state index in [1.807, 2.05) is 12.1 Å². The summed E-state index contributed by atoms with van der Waals surface area (Å²) in [5.41, 5.74) is 1.83. The van der Waals surface area contributed by atoms with Crippen molar-refractivity contribution in [1.29, 1.82) is 0 Å². The van der Waals surface area contributed by atoms with Crippen LogP contribution in [0.2, 0.25) is 0 Å². The van der Waals surface area contributed by atoms with Gasteiger partial charge in [-0.25, -0.2) is 0 Å². The average molecular weight is 224 g/mol. The summed E-state index contributed by atoms with van der Waals surface area (Å²) >= 11 is 0. The van der Waals surface area contributed by atoms with Crippen LogP contribution in [0.5, 0.6) is 0 Å². The standard InChI is InChI=1S/C12H8N4O/c17-14-9-12-6-5-11(15-16-12)4-3-10-2-1-7-13-8-10/h1-2,5-9,17H/b14-9+. The Kier molecular flexibility index (Phi) is 3.40. The molecule has 0 aromatic carbocycles. The minimum Gasteiger partial charge on any atom is -0.411 e. The van der Waals surface area contributed by atoms with Crippen molar-refractivity contribution < 1.29 is 5.21 Å². The maximum atomic E-state index is 8.31. The molecule has 2 aromatic rings. The lowest BCUT2D eigenvalue weighted by Crippen LogP contribution is -1.93. The van der Waals surface area contributed by atoms with E-state index >= 15 is 0 Å². The van der Waals surface area contributed by atoms with Crippen molar-refractivity contribution in [1.82, 2.24) is 15.2 Å². The molecule has 0 atom stereocenters. The maximum Gasteiger partial charge on any atom is 0.136 e. The molecule has 5 heteroatoms. The summed E-state index contributed by atoms with van der Waals surface area (Å²) in [7, 11) is 0. The second-order valence-corrected chi connectivity index (χ2v) is 3.08. The fourth-order valence-corrected chi connectivity index (χ4v) is 1.11. The van der Waals surface area contributed by atoms with E-state index in [1.54, 1.807) is 24.5 Å². The Hall–Kier alpha value is -2.74. The highest BCUT2D eigenvalue weighted by Crippen LogP contribution is 1.95. The minimum atomic E-state index is 0.472. The van der Waals surface area contributed by atoms with E-state index in [9.17, 15) is 0 Å². The second-order valence-electron chi connectivity index (χ2n) is 3.08. The second kappa shape index (κ2) is 5.37. The molecule has 82 valence electrons. The largest absolute Gasteiger partial charge is 0.411 e. The molecule has 2 aromatic heterocycles. The third-order valence-electron chi connectivity index (χ3n) is 1.87. The van der Waals surface area contributed by atoms with Crippen LogP contribution in [0.3, 0.4) is 0 Å². The van der Waals surface area contributed by atoms with E-state index < -0.39 is 0 Å². The third-order valence-corrected chi connectivity index (χ3v) is 1.87. The molecule has 5 nitrogen and oxygen atoms in total. The van der Waals surface area contributed by atoms with Crippen LogP contribution in [0.1, 0.15) is 17.0 Å². The van der Waals surface area contributed by atoms with Crippen LogP contribution in [0.15, 0.2) is 41.8 Å². The molecule has 0 saturated heterocycles. The zero-order chi connectivity index (χ0) is 11.9. The molecule has 0 unspecified atom stereocenters. The molecule has 2 rings (SSSR count). The van der Waals surface area contributed by atoms with Gasteiger partial charge in [-0.05, 0) is 30.2 Å². The van der Waals surface area contributed by atoms with Crippen molar-refractivity contribution in [2.24, 2.45) is 5.16 Å². The van der Waals surface area contributed by atoms with Crippen LogP contribution < -0.4 is 0 Å². The zero-order valence-electron chi connectivity index (χ0n) is 8.78. The molecule has 2 heterocycles. The van der Waals surface area contributed by atoms with Crippen LogP contribution >= 0.6 is 0 Å². The Labute approximate surface area is 97.9 Å². The molecule has 0 aliphatic heterocycles. The van der Waals surface area contributed by atoms with Crippen LogP contribution in [0.4, 0.5) is 0 Å². The number of hydrogen-bond donors (Lipinski definition) is 1. The first-order valence-corrected chi connectivity index (χ1v) is 4.82. The molecule has 0 radical (unpaired) electrons. The molecule has 0 bridgehead atoms. The molecule has 0 aliphatic carbocycles. The summed E-state index contributed by atoms with van der Waals surface area (Å²) < 4.78 is 0. The molecule has 0 fully saturated rings. The van der Waals surface area contributed by atoms with Gasteiger partial charge in [0.2, 0.25) is 0 Å². The first-order chi connectivity index (χ1) is 8.38. The molecule has 0 saturated carbocycles. The van der Waals surface area contributed by atoms with Gasteiger partial charge in [-0.2, -0.15) is 0 Å². The number of hydrogen-bond acceptors (Lipinski definition) is 5. The van der Waals surface area contributed by atoms with Gasteiger partial charge in [0.25, 0.3) is 0 Å². The Morgan fingerprint density at radius 2 is 2.12 bits per heavy atom. The normalized spacial score (nSPS) is 9.88. The Balaban J connectivity index is 2.17. The number of rotatable bonds is 1. The van der Waals surface area contributed by atoms with Gasteiger partial charge in [0.15, 0.2) is 0 Å². The van der Waals surface area contributed by atoms with Crippen LogP contribution in [0, 0.1) is 11.8 Å². The molecular formula is C12H8N4O. The van der Waals surface area contributed by atoms with E-state index in [0.29, 0.717) is 11.4 Å². The minimum absolute atomic E-state index is 0.472. The third kappa shape index (κ3) is 3.11. The van der Waals surface area contributed by atoms with Crippen molar-refractivity contribution in [3.05, 3.63) is 53.6 Å². The van der Waals surface area contributed by atoms with E-state index in [2.05, 4.69) is 32.2 Å². The fourth-order valence-electron chi connectivity index (χ4n) is 1.11. The number of nitrogens with zero attached hydrogens (tertiary/aromatic N) is 4. The van der Waals surface area contributed by atoms with E-state index in [4.69, 9.17) is 5.21 Å². The molecule has 17 heavy (non-hydrogen) atoms. The van der Waals surface area contributed by atoms with Crippen molar-refractivity contribution in [3.63, 3.8) is 0 Å². The Morgan fingerprint density at radius 3 is 2.76 bits per heavy atom. The highest BCUT2D eigenvalue weighted by molar-refractivity contribution is 5.75. The quantitative estimate of drug-likeness (QED) is 0.340. The lowest BCUT2D eigenvalue weighted by Gasteiger charge is -1.90. The topological polar surface area (TPSA) is 71.3 Å². The van der Waals surface area contributed by atoms with Crippen molar-refractivity contribution >= 4 is 6.21 Å². The Bertz CT molecular complexity index is 567. The van der Waals surface area contributed by atoms with Crippen LogP contribution in [0.25, 0.3) is 0 Å². The number of pyridine rings is 1. The highest BCUT2D eigenvalue weighted by atomic mass is 16.4. The van der Waals surface area contributed by atoms with E-state index in [1.165, 1.54) is 6.21 Å². The summed E-state index contributed by atoms with van der Waals surface area (Å²) in [5, 5.41) is 18.8. The number of oxime groups is 1. The Morgan fingerprint density at radius 1 is 1.18 bits per heavy atom. The predicted octanol–water partition coefficient (Wildman–Crippen LogP) is 1.08. The van der Waals surface area contributed by atoms with Gasteiger partial charge >= 0.3 is 0 Å². The van der Waals surface area contributed by atoms with Crippen LogP contribution in [-0.2, 0) is 0 Å². The molecule has 0 spiro atoms. The SMILES string of the molecule is O/N=C/c1ccc(C#Cc2cccnc2)nn1. The monoisotopic (exact) mass is 224 g/mol. The summed E-state index contributed by atoms with van der Waals surface area (Å²) in [4.78, 5) is 3.95. The molecule has 0 aliphatic rings. The first kappa shape index (κ1) is 10.8. The van der Waals surface area contributed by atoms with Gasteiger partial charge in [0, 0.05) is 18.0 Å². The van der Waals surface area contributed by atoms with Gasteiger partial charge in [-0.1, -0.05) is 11.1 Å². The van der Waals surface area contributed by atoms with Crippen molar-refractivity contribution in [3.8, 4) is 11.8 Å². The molecule has 1 N–H and O–H groups in total. The van der Waals surface area contributed by atoms with Gasteiger partial charge in [0.05, 0.1) is 6.21 Å². The van der Waals surface area contributed by atoms with E-state index in [-0.39, 0.29) is 0 Å². The lowest BCUT2D eigenvalue weighted by atomic mass is 10.2. The molecular weight excluding hydrogens is 216 g/mol. The lowest BCUT2D eigenvalue weighted by molar-refractivity contribution is 0.321. The van der Waals surface area contributed by atoms with Crippen molar-refractivity contribution in [2.75, 3.05) is 0 Å². The van der Waals surface area contributed by atoms with Gasteiger partial charge in [-0.15, -0.1) is 10.2 Å². The molecule has 0 amide bonds. The van der Waals surface area contributed by atoms with Gasteiger partial charge < -0.3 is 5.21 Å². The van der Waals surface area contributed by atoms with Crippen LogP contribution in [-0.4, -0.2) is 26.6 Å². The summed E-state index contributed by atoms with van der Waals surface area (Å²) in [6.45, 7) is 0. The highest BCUT2D eigenvalue weighted by Gasteiger charge is 1.92. The summed E-state index contributed by atoms with van der Waals surface area (Å²) in [5.74, 6) is 5.77. The van der Waals surface area contributed by atoms with Gasteiger partial charge in [0.1, 0.15) is 11.4 Å². The fraction of sp³-hybridized carbons (Fsp3) is 0. The van der Waals surface area contributed by atoms with Gasteiger partial charge in [-0.3, -0.25) is 4.98 Å². The smallest absolute Gasteiger partial charge is 0.136 e. The summed E-state index contributed by atoms with van der Waals surface area (Å²) in [6, 6.07) is 7.05. The maximum absolute atomic E-state index is 8.31. The number of aromatic nitrogens is 3. The van der Waals surface area contributed by atoms with Crippen molar-refractivity contribution in [2.45, 2.75) is 0 Å². The first-order valence-electron chi connectivity index (χ1n) is 4.82. The average Bonchev–Trinajstić information content (AvgIpc) is 2.40. The van der Waals surface area contributed by atoms with E-state index in [0.717, 1.165) is 5.56 Å². The summed E-state index contributed by atoms with van der Waals surface area (Å²) in [6.07, 6.45) is 4.56. The zero-order valence-corrected chi connectivity index (χ0v) is 8.78. The predicted molar refractivity (Wildman–Crippen MR) is 61.6 cm³/mol.